The van der Waals surface area contributed by atoms with Gasteiger partial charge in [0.15, 0.2) is 11.6 Å². The third-order valence-electron chi connectivity index (χ3n) is 17.8. The minimum absolute atomic E-state index is 0.0396. The number of nitrogens with one attached hydrogen (secondary N) is 1. The van der Waals surface area contributed by atoms with Crippen LogP contribution < -0.4 is 21.6 Å². The molecule has 0 bridgehead atoms. The molecule has 4 aromatic carbocycles. The van der Waals surface area contributed by atoms with Crippen LogP contribution in [0.25, 0.3) is 16.6 Å². The molecule has 3 amide bonds. The molecule has 0 spiro atoms. The summed E-state index contributed by atoms with van der Waals surface area (Å²) in [6, 6.07) is 21.7. The second kappa shape index (κ2) is 32.0. The van der Waals surface area contributed by atoms with E-state index in [4.69, 9.17) is 33.7 Å². The number of allylic oxidation sites excluding steroid dienone is 2. The molecule has 3 N–H and O–H groups in total. The number of esters is 2. The van der Waals surface area contributed by atoms with E-state index in [-0.39, 0.29) is 62.4 Å². The van der Waals surface area contributed by atoms with Crippen LogP contribution in [0.4, 0.5) is 14.5 Å². The molecule has 3 heterocycles. The Kier molecular flexibility index (Phi) is 24.7. The lowest BCUT2D eigenvalue weighted by Crippen LogP contribution is -2.54. The van der Waals surface area contributed by atoms with Crippen molar-refractivity contribution in [2.24, 2.45) is 29.5 Å². The summed E-state index contributed by atoms with van der Waals surface area (Å²) in [6.45, 7) is 11.6. The fourth-order valence-electron chi connectivity index (χ4n) is 12.2. The van der Waals surface area contributed by atoms with Crippen LogP contribution in [0, 0.1) is 16.7 Å². The second-order valence-electron chi connectivity index (χ2n) is 27.3. The Morgan fingerprint density at radius 3 is 2.05 bits per heavy atom. The normalized spacial score (nSPS) is 17.7. The summed E-state index contributed by atoms with van der Waals surface area (Å²) in [5.74, 6) is -4.67. The summed E-state index contributed by atoms with van der Waals surface area (Å²) in [6.07, 6.45) is 7.23. The maximum Gasteiger partial charge on any atom is 0.410 e. The SMILES string of the molecule is C/C(=C\C(=O)C[C@H]1CCc2cccc3c2N(C1=O)[C@H](C(=O)N[C@@H](CCC(N)=O)[C@@H](C)OCc1ccc(CCCCCOCCCc2cccc4c2n(C)c(=O)n4C2CCC(=O)CC2=O)cc1)C3)c1ccc(C(F)(F)P(=O)(OCOC(=O)C(C)(C)C)OCOC(=O)C(C)(C)C)cc1. The van der Waals surface area contributed by atoms with Gasteiger partial charge in [-0.2, -0.15) is 8.78 Å². The van der Waals surface area contributed by atoms with Gasteiger partial charge in [-0.15, -0.1) is 0 Å². The monoisotopic (exact) mass is 1350 g/mol. The molecule has 0 radical (unpaired) electrons. The summed E-state index contributed by atoms with van der Waals surface area (Å²) in [5.41, 5.74) is 5.63. The molecule has 1 unspecified atom stereocenters. The van der Waals surface area contributed by atoms with Crippen LogP contribution in [-0.4, -0.2) is 101 Å². The van der Waals surface area contributed by atoms with Crippen molar-refractivity contribution in [3.8, 4) is 0 Å². The van der Waals surface area contributed by atoms with Gasteiger partial charge in [0, 0.05) is 57.4 Å². The molecule has 1 aromatic heterocycles. The van der Waals surface area contributed by atoms with Gasteiger partial charge in [-0.1, -0.05) is 85.3 Å². The smallest absolute Gasteiger partial charge is 0.410 e. The van der Waals surface area contributed by atoms with E-state index >= 15 is 8.78 Å². The number of nitrogens with zero attached hydrogens (tertiary/aromatic N) is 3. The number of hydrogen-bond donors (Lipinski definition) is 2. The number of carbonyl (C=O) groups excluding carboxylic acids is 8. The van der Waals surface area contributed by atoms with Gasteiger partial charge in [0.25, 0.3) is 0 Å². The molecule has 3 aliphatic rings. The van der Waals surface area contributed by atoms with Gasteiger partial charge in [0.1, 0.15) is 11.8 Å². The highest BCUT2D eigenvalue weighted by Gasteiger charge is 2.56. The highest BCUT2D eigenvalue weighted by atomic mass is 31.2. The molecule has 1 saturated carbocycles. The third-order valence-corrected chi connectivity index (χ3v) is 19.6. The van der Waals surface area contributed by atoms with Gasteiger partial charge < -0.3 is 30.0 Å². The van der Waals surface area contributed by atoms with Gasteiger partial charge >= 0.3 is 30.9 Å². The number of imidazole rings is 1. The Bertz CT molecular complexity index is 3790. The first-order chi connectivity index (χ1) is 45.4. The zero-order valence-electron chi connectivity index (χ0n) is 56.3. The van der Waals surface area contributed by atoms with E-state index < -0.39 is 109 Å². The number of hydrogen-bond acceptors (Lipinski definition) is 16. The highest BCUT2D eigenvalue weighted by Crippen LogP contribution is 2.67. The average molecular weight is 1350 g/mol. The van der Waals surface area contributed by atoms with Crippen molar-refractivity contribution in [3.05, 3.63) is 140 Å². The molecular weight excluding hydrogens is 1260 g/mol. The second-order valence-corrected chi connectivity index (χ2v) is 29.3. The number of alkyl halides is 2. The quantitative estimate of drug-likeness (QED) is 0.0101. The van der Waals surface area contributed by atoms with Gasteiger partial charge in [0.05, 0.1) is 58.8 Å². The predicted molar refractivity (Wildman–Crippen MR) is 355 cm³/mol. The highest BCUT2D eigenvalue weighted by molar-refractivity contribution is 7.54. The number of ether oxygens (including phenoxy) is 4. The lowest BCUT2D eigenvalue weighted by Gasteiger charge is -2.31. The van der Waals surface area contributed by atoms with E-state index in [2.05, 4.69) is 17.4 Å². The number of unbranched alkanes of at least 4 members (excludes halogenated alkanes) is 2. The van der Waals surface area contributed by atoms with Gasteiger partial charge in [-0.25, -0.2) is 4.79 Å². The molecule has 5 aromatic rings. The van der Waals surface area contributed by atoms with Crippen LogP contribution in [0.5, 0.6) is 0 Å². The largest absolute Gasteiger partial charge is 0.438 e. The summed E-state index contributed by atoms with van der Waals surface area (Å²) < 4.78 is 81.8. The Morgan fingerprint density at radius 1 is 0.771 bits per heavy atom. The minimum Gasteiger partial charge on any atom is -0.438 e. The standard InChI is InChI=1S/C72H90F2N5O16P/c1-45(49-28-30-54(31-29-49)72(73,74)96(89,94-43-92-67(86)70(3,4)5)95-44-93-68(87)71(6,7)8)38-56(81)39-53-27-26-51-17-13-19-52-40-60(79(63(51)52)66(53)85)65(84)76-57(33-35-62(75)83)46(2)91-42-48-24-22-47(23-25-48)16-11-10-12-36-90-37-15-20-50-18-14-21-59-64(50)77(9)69(88)78(59)58-34-32-55(80)41-61(58)82/h13-14,17-19,21-25,28-31,38,46,53,57-58,60H,10-12,15-16,20,26-27,32-37,39-44H2,1-9H3,(H2,75,83)(H,76,84)/b45-38+/t46-,53-,57+,58?,60+/m1/s1. The number of ketones is 3. The van der Waals surface area contributed by atoms with Crippen molar-refractivity contribution in [1.82, 2.24) is 14.5 Å². The van der Waals surface area contributed by atoms with Crippen LogP contribution in [0.15, 0.2) is 95.8 Å². The maximum atomic E-state index is 16.3. The first-order valence-electron chi connectivity index (χ1n) is 32.8. The number of aromatic nitrogens is 2. The molecule has 1 aliphatic carbocycles. The van der Waals surface area contributed by atoms with Crippen molar-refractivity contribution in [2.45, 2.75) is 188 Å². The number of fused-ring (bicyclic) bond motifs is 1. The molecule has 518 valence electrons. The number of anilines is 1. The minimum atomic E-state index is -5.59. The van der Waals surface area contributed by atoms with Crippen molar-refractivity contribution in [3.63, 3.8) is 0 Å². The average Bonchev–Trinajstić information content (AvgIpc) is 1.56. The summed E-state index contributed by atoms with van der Waals surface area (Å²) in [4.78, 5) is 120. The molecule has 0 saturated heterocycles. The first-order valence-corrected chi connectivity index (χ1v) is 34.4. The maximum absolute atomic E-state index is 16.3. The number of benzene rings is 4. The number of para-hydroxylation sites is 2. The van der Waals surface area contributed by atoms with Crippen molar-refractivity contribution < 1.29 is 79.7 Å². The Hall–Kier alpha value is -7.82. The lowest BCUT2D eigenvalue weighted by molar-refractivity contribution is -0.163. The van der Waals surface area contributed by atoms with Gasteiger partial charge in [-0.3, -0.25) is 66.0 Å². The predicted octanol–water partition coefficient (Wildman–Crippen LogP) is 11.2. The Balaban J connectivity index is 0.814. The summed E-state index contributed by atoms with van der Waals surface area (Å²) in [7, 11) is -3.87. The molecule has 2 aliphatic heterocycles. The molecule has 24 heteroatoms. The fourth-order valence-corrected chi connectivity index (χ4v) is 13.5. The fraction of sp³-hybridized carbons (Fsp3) is 0.514. The van der Waals surface area contributed by atoms with Gasteiger partial charge in [-0.05, 0) is 164 Å². The zero-order chi connectivity index (χ0) is 69.9. The number of aryl methyl sites for hydroxylation is 4. The van der Waals surface area contributed by atoms with Crippen LogP contribution >= 0.6 is 7.60 Å². The van der Waals surface area contributed by atoms with Crippen LogP contribution in [-0.2, 0) is 116 Å². The number of nitrogens with two attached hydrogens (primary N) is 1. The van der Waals surface area contributed by atoms with E-state index in [0.717, 1.165) is 72.0 Å². The van der Waals surface area contributed by atoms with E-state index in [9.17, 15) is 47.7 Å². The summed E-state index contributed by atoms with van der Waals surface area (Å²) in [5, 5.41) is 3.09. The van der Waals surface area contributed by atoms with E-state index in [1.165, 1.54) is 70.2 Å². The van der Waals surface area contributed by atoms with Crippen LogP contribution in [0.2, 0.25) is 0 Å². The van der Waals surface area contributed by atoms with E-state index in [1.807, 2.05) is 48.5 Å². The number of Topliss-reactive ketones (excluding diaryl/α,β-unsaturated/α-hetero) is 2. The van der Waals surface area contributed by atoms with Gasteiger partial charge in [0.2, 0.25) is 31.3 Å². The third kappa shape index (κ3) is 18.2. The zero-order valence-corrected chi connectivity index (χ0v) is 57.2. The molecule has 8 rings (SSSR count). The van der Waals surface area contributed by atoms with Crippen LogP contribution in [0.1, 0.15) is 171 Å². The molecular formula is C72H90F2N5O16P. The van der Waals surface area contributed by atoms with Crippen molar-refractivity contribution in [2.75, 3.05) is 31.7 Å². The number of primary amides is 1. The van der Waals surface area contributed by atoms with E-state index in [1.54, 1.807) is 30.0 Å². The number of amides is 3. The van der Waals surface area contributed by atoms with Crippen molar-refractivity contribution in [1.29, 1.82) is 0 Å². The molecule has 1 fully saturated rings. The number of rotatable bonds is 32. The molecule has 96 heavy (non-hydrogen) atoms. The first kappa shape index (κ1) is 74.0. The van der Waals surface area contributed by atoms with E-state index in [0.29, 0.717) is 61.2 Å². The Morgan fingerprint density at radius 2 is 1.41 bits per heavy atom. The topological polar surface area (TPSA) is 277 Å². The van der Waals surface area contributed by atoms with Crippen molar-refractivity contribution >= 4 is 76.9 Å². The Labute approximate surface area is 558 Å². The number of halogens is 2. The molecule has 5 atom stereocenters. The molecule has 21 nitrogen and oxygen atoms in total. The van der Waals surface area contributed by atoms with Crippen LogP contribution in [0.3, 0.4) is 0 Å². The number of carbonyl (C=O) groups is 8. The lowest BCUT2D eigenvalue weighted by atomic mass is 9.92. The summed E-state index contributed by atoms with van der Waals surface area (Å²) >= 11 is 0.